The summed E-state index contributed by atoms with van der Waals surface area (Å²) in [6, 6.07) is 24.8. The van der Waals surface area contributed by atoms with E-state index in [0.717, 1.165) is 33.8 Å². The van der Waals surface area contributed by atoms with Crippen LogP contribution in [0.25, 0.3) is 21.7 Å². The van der Waals surface area contributed by atoms with E-state index in [1.165, 1.54) is 6.07 Å². The molecular weight excluding hydrogens is 689 g/mol. The third-order valence-electron chi connectivity index (χ3n) is 7.29. The highest BCUT2D eigenvalue weighted by atomic mass is 127. The lowest BCUT2D eigenvalue weighted by atomic mass is 10.0. The van der Waals surface area contributed by atoms with Gasteiger partial charge in [0.05, 0.1) is 45.5 Å². The van der Waals surface area contributed by atoms with Crippen molar-refractivity contribution in [3.05, 3.63) is 113 Å². The van der Waals surface area contributed by atoms with E-state index in [1.54, 1.807) is 24.3 Å². The molecule has 0 aliphatic rings. The van der Waals surface area contributed by atoms with Crippen LogP contribution in [-0.4, -0.2) is 67.5 Å². The highest BCUT2D eigenvalue weighted by Gasteiger charge is 2.25. The number of hydrogen-bond donors (Lipinski definition) is 4. The SMILES string of the molecule is C[N+](C)(C)CCNC(=O)[C@H](Cc1c[nH]c2ccccc12)NC(=O)c1cc(Cl)ccc1NC(=O)c1ccc2ccccc2c1.[I-]. The fraction of sp³-hybridized carbons (Fsp3) is 0.206. The molecule has 4 N–H and O–H groups in total. The van der Waals surface area contributed by atoms with Crippen LogP contribution in [0.15, 0.2) is 91.1 Å². The molecule has 0 saturated heterocycles. The Morgan fingerprint density at radius 1 is 0.864 bits per heavy atom. The number of para-hydroxylation sites is 1. The number of H-pyrrole nitrogens is 1. The second-order valence-corrected chi connectivity index (χ2v) is 12.0. The first-order valence-electron chi connectivity index (χ1n) is 14.1. The Bertz CT molecular complexity index is 1810. The van der Waals surface area contributed by atoms with Crippen molar-refractivity contribution in [2.24, 2.45) is 0 Å². The predicted octanol–water partition coefficient (Wildman–Crippen LogP) is 2.39. The van der Waals surface area contributed by atoms with Crippen molar-refractivity contribution >= 4 is 56.7 Å². The molecule has 10 heteroatoms. The van der Waals surface area contributed by atoms with Crippen molar-refractivity contribution < 1.29 is 42.8 Å². The third kappa shape index (κ3) is 8.16. The minimum atomic E-state index is -0.873. The van der Waals surface area contributed by atoms with Crippen molar-refractivity contribution in [2.45, 2.75) is 12.5 Å². The summed E-state index contributed by atoms with van der Waals surface area (Å²) in [5.74, 6) is -1.19. The van der Waals surface area contributed by atoms with Crippen LogP contribution in [0.4, 0.5) is 5.69 Å². The Morgan fingerprint density at radius 3 is 2.36 bits per heavy atom. The molecule has 0 aliphatic heterocycles. The van der Waals surface area contributed by atoms with Gasteiger partial charge in [-0.3, -0.25) is 14.4 Å². The number of benzene rings is 4. The monoisotopic (exact) mass is 723 g/mol. The van der Waals surface area contributed by atoms with Crippen LogP contribution in [0.3, 0.4) is 0 Å². The van der Waals surface area contributed by atoms with E-state index in [-0.39, 0.29) is 53.5 Å². The number of aromatic nitrogens is 1. The highest BCUT2D eigenvalue weighted by Crippen LogP contribution is 2.24. The number of nitrogens with zero attached hydrogens (tertiary/aromatic N) is 1. The van der Waals surface area contributed by atoms with Crippen LogP contribution in [0.1, 0.15) is 26.3 Å². The molecule has 0 bridgehead atoms. The number of hydrogen-bond acceptors (Lipinski definition) is 3. The summed E-state index contributed by atoms with van der Waals surface area (Å²) in [4.78, 5) is 43.7. The van der Waals surface area contributed by atoms with Crippen molar-refractivity contribution in [1.29, 1.82) is 0 Å². The second-order valence-electron chi connectivity index (χ2n) is 11.6. The molecule has 228 valence electrons. The summed E-state index contributed by atoms with van der Waals surface area (Å²) in [6.45, 7) is 1.17. The Morgan fingerprint density at radius 2 is 1.59 bits per heavy atom. The maximum Gasteiger partial charge on any atom is 0.255 e. The maximum atomic E-state index is 13.7. The van der Waals surface area contributed by atoms with E-state index < -0.39 is 11.9 Å². The number of anilines is 1. The number of rotatable bonds is 10. The zero-order valence-electron chi connectivity index (χ0n) is 24.8. The standard InChI is InChI=1S/C34H34ClN5O3.HI/c1-40(2,3)17-16-36-34(43)31(19-25-21-37-29-11-7-6-10-27(25)29)39-33(42)28-20-26(35)14-15-30(28)38-32(41)24-13-12-22-8-4-5-9-23(22)18-24;/h4-15,18,20-21,31,37H,16-17,19H2,1-3H3,(H2-,36,38,39,41,42,43);1H/t31-;/m0./s1. The molecule has 4 aromatic carbocycles. The van der Waals surface area contributed by atoms with Gasteiger partial charge in [-0.25, -0.2) is 0 Å². The van der Waals surface area contributed by atoms with Gasteiger partial charge in [0.1, 0.15) is 6.04 Å². The summed E-state index contributed by atoms with van der Waals surface area (Å²) in [5, 5.41) is 12.0. The van der Waals surface area contributed by atoms with E-state index in [2.05, 4.69) is 20.9 Å². The number of fused-ring (bicyclic) bond motifs is 2. The topological polar surface area (TPSA) is 103 Å². The average Bonchev–Trinajstić information content (AvgIpc) is 3.39. The fourth-order valence-electron chi connectivity index (χ4n) is 4.94. The van der Waals surface area contributed by atoms with Crippen LogP contribution < -0.4 is 39.9 Å². The molecule has 5 aromatic rings. The lowest BCUT2D eigenvalue weighted by Crippen LogP contribution is -3.00. The highest BCUT2D eigenvalue weighted by molar-refractivity contribution is 6.31. The molecule has 8 nitrogen and oxygen atoms in total. The first kappa shape index (κ1) is 33.0. The van der Waals surface area contributed by atoms with Gasteiger partial charge < -0.3 is 49.4 Å². The van der Waals surface area contributed by atoms with Gasteiger partial charge in [-0.1, -0.05) is 60.1 Å². The van der Waals surface area contributed by atoms with E-state index in [9.17, 15) is 14.4 Å². The number of halogens is 2. The van der Waals surface area contributed by atoms with E-state index >= 15 is 0 Å². The molecule has 5 rings (SSSR count). The molecule has 0 fully saturated rings. The molecular formula is C34H35ClIN5O3. The van der Waals surface area contributed by atoms with Gasteiger partial charge in [0.25, 0.3) is 11.8 Å². The quantitative estimate of drug-likeness (QED) is 0.132. The summed E-state index contributed by atoms with van der Waals surface area (Å²) in [6.07, 6.45) is 2.13. The zero-order valence-corrected chi connectivity index (χ0v) is 27.7. The Balaban J connectivity index is 0.00000442. The van der Waals surface area contributed by atoms with Gasteiger partial charge >= 0.3 is 0 Å². The Hall–Kier alpha value is -3.93. The van der Waals surface area contributed by atoms with Gasteiger partial charge in [0, 0.05) is 34.1 Å². The molecule has 1 heterocycles. The lowest BCUT2D eigenvalue weighted by molar-refractivity contribution is -0.869. The van der Waals surface area contributed by atoms with Crippen molar-refractivity contribution in [3.8, 4) is 0 Å². The summed E-state index contributed by atoms with van der Waals surface area (Å²) < 4.78 is 0.683. The second kappa shape index (κ2) is 14.2. The molecule has 0 spiro atoms. The molecule has 3 amide bonds. The Kier molecular flexibility index (Phi) is 10.7. The Labute approximate surface area is 278 Å². The minimum absolute atomic E-state index is 0. The van der Waals surface area contributed by atoms with Crippen LogP contribution in [0.2, 0.25) is 5.02 Å². The van der Waals surface area contributed by atoms with E-state index in [1.807, 2.05) is 81.9 Å². The minimum Gasteiger partial charge on any atom is -1.00 e. The zero-order chi connectivity index (χ0) is 30.6. The number of nitrogens with one attached hydrogen (secondary N) is 4. The van der Waals surface area contributed by atoms with Crippen LogP contribution in [-0.2, 0) is 11.2 Å². The molecule has 44 heavy (non-hydrogen) atoms. The van der Waals surface area contributed by atoms with Gasteiger partial charge in [0.2, 0.25) is 5.91 Å². The number of carbonyl (C=O) groups excluding carboxylic acids is 3. The van der Waals surface area contributed by atoms with Gasteiger partial charge in [-0.05, 0) is 52.7 Å². The molecule has 0 aliphatic carbocycles. The van der Waals surface area contributed by atoms with Gasteiger partial charge in [-0.2, -0.15) is 0 Å². The number of aromatic amines is 1. The van der Waals surface area contributed by atoms with E-state index in [4.69, 9.17) is 11.6 Å². The first-order valence-corrected chi connectivity index (χ1v) is 14.5. The summed E-state index contributed by atoms with van der Waals surface area (Å²) in [7, 11) is 6.14. The van der Waals surface area contributed by atoms with Gasteiger partial charge in [0.15, 0.2) is 0 Å². The lowest BCUT2D eigenvalue weighted by Gasteiger charge is -2.25. The molecule has 1 atom stereocenters. The third-order valence-corrected chi connectivity index (χ3v) is 7.52. The fourth-order valence-corrected chi connectivity index (χ4v) is 5.11. The predicted molar refractivity (Wildman–Crippen MR) is 173 cm³/mol. The maximum absolute atomic E-state index is 13.7. The molecule has 1 aromatic heterocycles. The van der Waals surface area contributed by atoms with Crippen molar-refractivity contribution in [1.82, 2.24) is 15.6 Å². The smallest absolute Gasteiger partial charge is 0.255 e. The van der Waals surface area contributed by atoms with Crippen LogP contribution in [0.5, 0.6) is 0 Å². The van der Waals surface area contributed by atoms with Crippen molar-refractivity contribution in [2.75, 3.05) is 39.5 Å². The van der Waals surface area contributed by atoms with Crippen LogP contribution in [0, 0.1) is 0 Å². The van der Waals surface area contributed by atoms with Crippen LogP contribution >= 0.6 is 11.6 Å². The molecule has 0 unspecified atom stereocenters. The average molecular weight is 724 g/mol. The van der Waals surface area contributed by atoms with Crippen molar-refractivity contribution in [3.63, 3.8) is 0 Å². The molecule has 0 radical (unpaired) electrons. The number of carbonyl (C=O) groups is 3. The normalized spacial score (nSPS) is 11.9. The number of amides is 3. The number of quaternary nitrogens is 1. The summed E-state index contributed by atoms with van der Waals surface area (Å²) in [5.41, 5.74) is 2.75. The van der Waals surface area contributed by atoms with E-state index in [0.29, 0.717) is 21.6 Å². The number of likely N-dealkylation sites (N-methyl/N-ethyl adjacent to an activating group) is 1. The summed E-state index contributed by atoms with van der Waals surface area (Å²) >= 11 is 6.29. The largest absolute Gasteiger partial charge is 1.00 e. The molecule has 0 saturated carbocycles. The first-order chi connectivity index (χ1) is 20.6. The van der Waals surface area contributed by atoms with Gasteiger partial charge in [-0.15, -0.1) is 0 Å².